The van der Waals surface area contributed by atoms with Gasteiger partial charge in [0.1, 0.15) is 16.7 Å². The molecule has 0 unspecified atom stereocenters. The van der Waals surface area contributed by atoms with Crippen molar-refractivity contribution in [1.29, 1.82) is 0 Å². The fraction of sp³-hybridized carbons (Fsp3) is 0. The molecule has 0 aliphatic carbocycles. The van der Waals surface area contributed by atoms with Gasteiger partial charge in [0.15, 0.2) is 0 Å². The maximum Gasteiger partial charge on any atom is 0.335 e. The molecule has 0 radical (unpaired) electrons. The van der Waals surface area contributed by atoms with E-state index in [-0.39, 0.29) is 5.56 Å². The summed E-state index contributed by atoms with van der Waals surface area (Å²) in [6.07, 6.45) is 1.31. The molecule has 0 saturated carbocycles. The molecule has 1 aromatic heterocycles. The number of aromatic carboxylic acids is 1. The Kier molecular flexibility index (Phi) is 3.14. The van der Waals surface area contributed by atoms with E-state index in [0.717, 1.165) is 6.07 Å². The number of carbonyl (C=O) groups is 1. The normalized spacial score (nSPS) is 10.2. The number of rotatable bonds is 2. The van der Waals surface area contributed by atoms with Crippen LogP contribution in [0.3, 0.4) is 0 Å². The molecule has 0 bridgehead atoms. The van der Waals surface area contributed by atoms with Crippen molar-refractivity contribution in [2.24, 2.45) is 0 Å². The molecular weight excluding hydrogens is 291 g/mol. The van der Waals surface area contributed by atoms with E-state index in [0.29, 0.717) is 15.9 Å². The van der Waals surface area contributed by atoms with Crippen LogP contribution in [-0.4, -0.2) is 21.0 Å². The van der Waals surface area contributed by atoms with Gasteiger partial charge in [-0.2, -0.15) is 0 Å². The molecule has 4 nitrogen and oxygen atoms in total. The summed E-state index contributed by atoms with van der Waals surface area (Å²) in [6.45, 7) is 0. The number of halogens is 2. The first kappa shape index (κ1) is 11.7. The number of carboxylic acids is 1. The van der Waals surface area contributed by atoms with Gasteiger partial charge >= 0.3 is 5.97 Å². The summed E-state index contributed by atoms with van der Waals surface area (Å²) in [5.74, 6) is -1.80. The van der Waals surface area contributed by atoms with E-state index in [9.17, 15) is 9.18 Å². The van der Waals surface area contributed by atoms with Gasteiger partial charge in [-0.05, 0) is 40.2 Å². The van der Waals surface area contributed by atoms with Crippen molar-refractivity contribution in [2.75, 3.05) is 0 Å². The zero-order valence-corrected chi connectivity index (χ0v) is 9.98. The van der Waals surface area contributed by atoms with Crippen LogP contribution in [0.25, 0.3) is 11.3 Å². The summed E-state index contributed by atoms with van der Waals surface area (Å²) in [6, 6.07) is 5.13. The number of aromatic nitrogens is 2. The van der Waals surface area contributed by atoms with Crippen molar-refractivity contribution >= 4 is 21.9 Å². The molecule has 2 rings (SSSR count). The lowest BCUT2D eigenvalue weighted by atomic mass is 10.1. The van der Waals surface area contributed by atoms with E-state index in [1.807, 2.05) is 0 Å². The molecular formula is C11H6BrFN2O2. The monoisotopic (exact) mass is 296 g/mol. The number of hydrogen-bond donors (Lipinski definition) is 1. The highest BCUT2D eigenvalue weighted by Gasteiger charge is 2.09. The summed E-state index contributed by atoms with van der Waals surface area (Å²) in [4.78, 5) is 18.6. The van der Waals surface area contributed by atoms with Gasteiger partial charge in [0.05, 0.1) is 11.3 Å². The van der Waals surface area contributed by atoms with Crippen molar-refractivity contribution in [2.45, 2.75) is 0 Å². The minimum Gasteiger partial charge on any atom is -0.478 e. The lowest BCUT2D eigenvalue weighted by Crippen LogP contribution is -1.98. The Balaban J connectivity index is 2.56. The quantitative estimate of drug-likeness (QED) is 0.866. The van der Waals surface area contributed by atoms with Crippen molar-refractivity contribution in [3.8, 4) is 11.3 Å². The predicted octanol–water partition coefficient (Wildman–Crippen LogP) is 2.74. The minimum atomic E-state index is -1.18. The summed E-state index contributed by atoms with van der Waals surface area (Å²) in [7, 11) is 0. The molecule has 2 aromatic rings. The fourth-order valence-electron chi connectivity index (χ4n) is 1.35. The minimum absolute atomic E-state index is 0.116. The number of benzene rings is 1. The molecule has 1 heterocycles. The van der Waals surface area contributed by atoms with E-state index >= 15 is 0 Å². The van der Waals surface area contributed by atoms with E-state index in [4.69, 9.17) is 5.11 Å². The maximum absolute atomic E-state index is 13.3. The smallest absolute Gasteiger partial charge is 0.335 e. The van der Waals surface area contributed by atoms with Crippen LogP contribution in [0.15, 0.2) is 35.2 Å². The van der Waals surface area contributed by atoms with Gasteiger partial charge in [-0.3, -0.25) is 0 Å². The second-order valence-electron chi connectivity index (χ2n) is 3.26. The van der Waals surface area contributed by atoms with Gasteiger partial charge in [-0.1, -0.05) is 0 Å². The summed E-state index contributed by atoms with van der Waals surface area (Å²) >= 11 is 3.16. The zero-order chi connectivity index (χ0) is 12.4. The van der Waals surface area contributed by atoms with E-state index in [1.165, 1.54) is 18.5 Å². The molecule has 1 N–H and O–H groups in total. The highest BCUT2D eigenvalue weighted by molar-refractivity contribution is 9.10. The third-order valence-electron chi connectivity index (χ3n) is 2.07. The highest BCUT2D eigenvalue weighted by Crippen LogP contribution is 2.21. The van der Waals surface area contributed by atoms with Gasteiger partial charge < -0.3 is 5.11 Å². The van der Waals surface area contributed by atoms with Crippen LogP contribution in [0.1, 0.15) is 10.4 Å². The Bertz CT molecular complexity index is 589. The van der Waals surface area contributed by atoms with Gasteiger partial charge in [-0.25, -0.2) is 19.2 Å². The molecule has 0 saturated heterocycles. The predicted molar refractivity (Wildman–Crippen MR) is 62.1 cm³/mol. The van der Waals surface area contributed by atoms with Crippen molar-refractivity contribution in [3.05, 3.63) is 46.6 Å². The largest absolute Gasteiger partial charge is 0.478 e. The SMILES string of the molecule is O=C(O)c1cc(F)cc(-c2cc(Br)ncn2)c1. The zero-order valence-electron chi connectivity index (χ0n) is 8.39. The molecule has 1 aromatic carbocycles. The van der Waals surface area contributed by atoms with Gasteiger partial charge in [-0.15, -0.1) is 0 Å². The van der Waals surface area contributed by atoms with Crippen LogP contribution in [0.4, 0.5) is 4.39 Å². The van der Waals surface area contributed by atoms with Crippen LogP contribution >= 0.6 is 15.9 Å². The summed E-state index contributed by atoms with van der Waals surface area (Å²) in [5, 5.41) is 8.83. The average Bonchev–Trinajstić information content (AvgIpc) is 2.28. The van der Waals surface area contributed by atoms with Gasteiger partial charge in [0, 0.05) is 5.56 Å². The van der Waals surface area contributed by atoms with Crippen LogP contribution in [0, 0.1) is 5.82 Å². The van der Waals surface area contributed by atoms with Crippen LogP contribution in [0.2, 0.25) is 0 Å². The Hall–Kier alpha value is -1.82. The van der Waals surface area contributed by atoms with E-state index in [2.05, 4.69) is 25.9 Å². The Labute approximate surface area is 104 Å². The van der Waals surface area contributed by atoms with E-state index < -0.39 is 11.8 Å². The first-order valence-corrected chi connectivity index (χ1v) is 5.37. The van der Waals surface area contributed by atoms with Crippen LogP contribution < -0.4 is 0 Å². The average molecular weight is 297 g/mol. The lowest BCUT2D eigenvalue weighted by molar-refractivity contribution is 0.0696. The first-order chi connectivity index (χ1) is 8.06. The molecule has 17 heavy (non-hydrogen) atoms. The molecule has 0 spiro atoms. The molecule has 86 valence electrons. The van der Waals surface area contributed by atoms with Crippen LogP contribution in [-0.2, 0) is 0 Å². The first-order valence-electron chi connectivity index (χ1n) is 4.58. The van der Waals surface area contributed by atoms with Gasteiger partial charge in [0.2, 0.25) is 0 Å². The summed E-state index contributed by atoms with van der Waals surface area (Å²) < 4.78 is 13.8. The lowest BCUT2D eigenvalue weighted by Gasteiger charge is -2.03. The highest BCUT2D eigenvalue weighted by atomic mass is 79.9. The third-order valence-corrected chi connectivity index (χ3v) is 2.51. The standard InChI is InChI=1S/C11H6BrFN2O2/c12-10-4-9(14-5-15-10)6-1-7(11(16)17)3-8(13)2-6/h1-5H,(H,16,17). The molecule has 0 atom stereocenters. The molecule has 6 heteroatoms. The van der Waals surface area contributed by atoms with E-state index in [1.54, 1.807) is 6.07 Å². The topological polar surface area (TPSA) is 63.1 Å². The molecule has 0 aliphatic rings. The molecule has 0 aliphatic heterocycles. The Morgan fingerprint density at radius 1 is 1.24 bits per heavy atom. The molecule has 0 fully saturated rings. The van der Waals surface area contributed by atoms with Crippen molar-refractivity contribution < 1.29 is 14.3 Å². The van der Waals surface area contributed by atoms with Crippen LogP contribution in [0.5, 0.6) is 0 Å². The van der Waals surface area contributed by atoms with Crippen molar-refractivity contribution in [3.63, 3.8) is 0 Å². The fourth-order valence-corrected chi connectivity index (χ4v) is 1.66. The van der Waals surface area contributed by atoms with Gasteiger partial charge in [0.25, 0.3) is 0 Å². The maximum atomic E-state index is 13.3. The number of carboxylic acid groups (broad SMARTS) is 1. The Morgan fingerprint density at radius 2 is 2.00 bits per heavy atom. The Morgan fingerprint density at radius 3 is 2.65 bits per heavy atom. The van der Waals surface area contributed by atoms with Crippen molar-refractivity contribution in [1.82, 2.24) is 9.97 Å². The second-order valence-corrected chi connectivity index (χ2v) is 4.07. The second kappa shape index (κ2) is 4.58. The number of nitrogens with zero attached hydrogens (tertiary/aromatic N) is 2. The number of hydrogen-bond acceptors (Lipinski definition) is 3. The third kappa shape index (κ3) is 2.65. The molecule has 0 amide bonds. The summed E-state index contributed by atoms with van der Waals surface area (Å²) in [5.41, 5.74) is 0.731.